The van der Waals surface area contributed by atoms with Crippen LogP contribution >= 0.6 is 0 Å². The molecule has 0 bridgehead atoms. The first-order chi connectivity index (χ1) is 12.9. The smallest absolute Gasteiger partial charge is 0.349 e. The highest BCUT2D eigenvalue weighted by Gasteiger charge is 2.21. The van der Waals surface area contributed by atoms with Gasteiger partial charge in [0, 0.05) is 5.56 Å². The number of hydrogen-bond donors (Lipinski definition) is 0. The lowest BCUT2D eigenvalue weighted by molar-refractivity contribution is -0.141. The van der Waals surface area contributed by atoms with Crippen LogP contribution in [-0.4, -0.2) is 24.5 Å². The first-order valence-corrected chi connectivity index (χ1v) is 8.30. The molecule has 138 valence electrons. The van der Waals surface area contributed by atoms with E-state index in [1.165, 1.54) is 25.1 Å². The third-order valence-corrected chi connectivity index (χ3v) is 3.62. The van der Waals surface area contributed by atoms with Crippen molar-refractivity contribution in [3.63, 3.8) is 0 Å². The molecule has 0 amide bonds. The molecule has 0 aliphatic carbocycles. The zero-order chi connectivity index (χ0) is 19.8. The zero-order valence-corrected chi connectivity index (χ0v) is 14.9. The molecule has 0 aliphatic heterocycles. The summed E-state index contributed by atoms with van der Waals surface area (Å²) in [6.45, 7) is 3.80. The van der Waals surface area contributed by atoms with E-state index < -0.39 is 23.7 Å². The minimum absolute atomic E-state index is 0.214. The van der Waals surface area contributed by atoms with Crippen LogP contribution in [0.1, 0.15) is 29.8 Å². The SMILES string of the molecule is CCOc1ccc(/C=C(\C#N)C(=O)O[C@H](C)C(=O)c2ccc(F)cc2)cc1. The van der Waals surface area contributed by atoms with E-state index in [1.807, 2.05) is 6.92 Å². The molecule has 27 heavy (non-hydrogen) atoms. The Morgan fingerprint density at radius 3 is 2.33 bits per heavy atom. The molecule has 0 heterocycles. The topological polar surface area (TPSA) is 76.4 Å². The summed E-state index contributed by atoms with van der Waals surface area (Å²) in [5.41, 5.74) is 0.591. The fourth-order valence-corrected chi connectivity index (χ4v) is 2.26. The summed E-state index contributed by atoms with van der Waals surface area (Å²) >= 11 is 0. The number of benzene rings is 2. The number of halogens is 1. The molecule has 0 fully saturated rings. The van der Waals surface area contributed by atoms with E-state index in [0.717, 1.165) is 12.1 Å². The molecule has 0 aliphatic rings. The second-order valence-corrected chi connectivity index (χ2v) is 5.59. The van der Waals surface area contributed by atoms with Crippen LogP contribution in [-0.2, 0) is 9.53 Å². The number of Topliss-reactive ketones (excluding diaryl/α,β-unsaturated/α-hetero) is 1. The quantitative estimate of drug-likeness (QED) is 0.321. The van der Waals surface area contributed by atoms with E-state index in [0.29, 0.717) is 17.9 Å². The Hall–Kier alpha value is -3.46. The molecule has 0 unspecified atom stereocenters. The molecule has 0 saturated heterocycles. The van der Waals surface area contributed by atoms with Gasteiger partial charge in [-0.25, -0.2) is 9.18 Å². The van der Waals surface area contributed by atoms with Crippen LogP contribution in [0.25, 0.3) is 6.08 Å². The molecule has 6 heteroatoms. The predicted octanol–water partition coefficient (Wildman–Crippen LogP) is 3.95. The van der Waals surface area contributed by atoms with Gasteiger partial charge >= 0.3 is 5.97 Å². The van der Waals surface area contributed by atoms with Gasteiger partial charge in [0.15, 0.2) is 6.10 Å². The van der Waals surface area contributed by atoms with Crippen molar-refractivity contribution >= 4 is 17.8 Å². The standard InChI is InChI=1S/C21H18FNO4/c1-3-26-19-10-4-15(5-11-19)12-17(13-23)21(25)27-14(2)20(24)16-6-8-18(22)9-7-16/h4-12,14H,3H2,1-2H3/b17-12+/t14-/m1/s1. The van der Waals surface area contributed by atoms with E-state index in [2.05, 4.69) is 0 Å². The normalized spacial score (nSPS) is 12.0. The summed E-state index contributed by atoms with van der Waals surface area (Å²) < 4.78 is 23.4. The number of ether oxygens (including phenoxy) is 2. The van der Waals surface area contributed by atoms with Crippen molar-refractivity contribution in [3.05, 3.63) is 71.0 Å². The molecule has 0 spiro atoms. The zero-order valence-electron chi connectivity index (χ0n) is 14.9. The monoisotopic (exact) mass is 367 g/mol. The predicted molar refractivity (Wildman–Crippen MR) is 97.5 cm³/mol. The van der Waals surface area contributed by atoms with Crippen molar-refractivity contribution < 1.29 is 23.5 Å². The van der Waals surface area contributed by atoms with Crippen molar-refractivity contribution in [3.8, 4) is 11.8 Å². The Morgan fingerprint density at radius 1 is 1.15 bits per heavy atom. The third-order valence-electron chi connectivity index (χ3n) is 3.62. The summed E-state index contributed by atoms with van der Waals surface area (Å²) in [5.74, 6) is -1.19. The molecule has 0 N–H and O–H groups in total. The van der Waals surface area contributed by atoms with E-state index >= 15 is 0 Å². The van der Waals surface area contributed by atoms with Crippen LogP contribution in [0.15, 0.2) is 54.1 Å². The van der Waals surface area contributed by atoms with E-state index in [9.17, 15) is 19.2 Å². The number of nitriles is 1. The van der Waals surface area contributed by atoms with Gasteiger partial charge in [-0.2, -0.15) is 5.26 Å². The Labute approximate surface area is 156 Å². The van der Waals surface area contributed by atoms with Crippen LogP contribution < -0.4 is 4.74 Å². The van der Waals surface area contributed by atoms with Gasteiger partial charge in [0.1, 0.15) is 23.2 Å². The lowest BCUT2D eigenvalue weighted by Gasteiger charge is -2.12. The average Bonchev–Trinajstić information content (AvgIpc) is 2.67. The molecule has 2 aromatic rings. The number of ketones is 1. The highest BCUT2D eigenvalue weighted by atomic mass is 19.1. The van der Waals surface area contributed by atoms with Crippen molar-refractivity contribution in [2.45, 2.75) is 20.0 Å². The molecule has 0 aromatic heterocycles. The second kappa shape index (κ2) is 9.30. The maximum absolute atomic E-state index is 12.9. The molecule has 5 nitrogen and oxygen atoms in total. The van der Waals surface area contributed by atoms with Crippen molar-refractivity contribution in [2.24, 2.45) is 0 Å². The van der Waals surface area contributed by atoms with E-state index in [1.54, 1.807) is 30.3 Å². The average molecular weight is 367 g/mol. The van der Waals surface area contributed by atoms with E-state index in [4.69, 9.17) is 9.47 Å². The minimum Gasteiger partial charge on any atom is -0.494 e. The van der Waals surface area contributed by atoms with Crippen LogP contribution in [0.4, 0.5) is 4.39 Å². The molecule has 2 rings (SSSR count). The van der Waals surface area contributed by atoms with Gasteiger partial charge < -0.3 is 9.47 Å². The Morgan fingerprint density at radius 2 is 1.78 bits per heavy atom. The van der Waals surface area contributed by atoms with Crippen LogP contribution in [0.3, 0.4) is 0 Å². The van der Waals surface area contributed by atoms with Crippen LogP contribution in [0.5, 0.6) is 5.75 Å². The van der Waals surface area contributed by atoms with Gasteiger partial charge in [-0.15, -0.1) is 0 Å². The summed E-state index contributed by atoms with van der Waals surface area (Å²) in [6, 6.07) is 13.5. The highest BCUT2D eigenvalue weighted by Crippen LogP contribution is 2.16. The maximum atomic E-state index is 12.9. The fourth-order valence-electron chi connectivity index (χ4n) is 2.26. The van der Waals surface area contributed by atoms with Crippen molar-refractivity contribution in [1.29, 1.82) is 5.26 Å². The summed E-state index contributed by atoms with van der Waals surface area (Å²) in [5, 5.41) is 9.23. The Kier molecular flexibility index (Phi) is 6.84. The first kappa shape index (κ1) is 19.9. The number of rotatable bonds is 7. The number of hydrogen-bond acceptors (Lipinski definition) is 5. The highest BCUT2D eigenvalue weighted by molar-refractivity contribution is 6.03. The summed E-state index contributed by atoms with van der Waals surface area (Å²) in [7, 11) is 0. The minimum atomic E-state index is -1.11. The van der Waals surface area contributed by atoms with Crippen LogP contribution in [0, 0.1) is 17.1 Å². The van der Waals surface area contributed by atoms with Crippen LogP contribution in [0.2, 0.25) is 0 Å². The van der Waals surface area contributed by atoms with Gasteiger partial charge in [0.2, 0.25) is 5.78 Å². The number of carbonyl (C=O) groups is 2. The van der Waals surface area contributed by atoms with Gasteiger partial charge in [-0.05, 0) is 61.9 Å². The molecular formula is C21H18FNO4. The molecule has 0 saturated carbocycles. The van der Waals surface area contributed by atoms with Gasteiger partial charge in [-0.3, -0.25) is 4.79 Å². The lowest BCUT2D eigenvalue weighted by atomic mass is 10.1. The van der Waals surface area contributed by atoms with E-state index in [-0.39, 0.29) is 11.1 Å². The fraction of sp³-hybridized carbons (Fsp3) is 0.190. The summed E-state index contributed by atoms with van der Waals surface area (Å²) in [4.78, 5) is 24.4. The molecular weight excluding hydrogens is 349 g/mol. The number of nitrogens with zero attached hydrogens (tertiary/aromatic N) is 1. The maximum Gasteiger partial charge on any atom is 0.349 e. The second-order valence-electron chi connectivity index (χ2n) is 5.59. The van der Waals surface area contributed by atoms with Crippen molar-refractivity contribution in [2.75, 3.05) is 6.61 Å². The number of carbonyl (C=O) groups excluding carboxylic acids is 2. The largest absolute Gasteiger partial charge is 0.494 e. The van der Waals surface area contributed by atoms with Gasteiger partial charge in [0.25, 0.3) is 0 Å². The third kappa shape index (κ3) is 5.51. The lowest BCUT2D eigenvalue weighted by Crippen LogP contribution is -2.25. The van der Waals surface area contributed by atoms with Gasteiger partial charge in [0.05, 0.1) is 6.61 Å². The Balaban J connectivity index is 2.08. The molecule has 2 aromatic carbocycles. The molecule has 0 radical (unpaired) electrons. The van der Waals surface area contributed by atoms with Gasteiger partial charge in [-0.1, -0.05) is 12.1 Å². The summed E-state index contributed by atoms with van der Waals surface area (Å²) in [6.07, 6.45) is 0.257. The number of esters is 1. The molecule has 1 atom stereocenters. The first-order valence-electron chi connectivity index (χ1n) is 8.30. The van der Waals surface area contributed by atoms with Crippen molar-refractivity contribution in [1.82, 2.24) is 0 Å². The Bertz CT molecular complexity index is 880.